The van der Waals surface area contributed by atoms with Gasteiger partial charge < -0.3 is 4.74 Å². The number of nitriles is 1. The van der Waals surface area contributed by atoms with E-state index in [2.05, 4.69) is 24.0 Å². The summed E-state index contributed by atoms with van der Waals surface area (Å²) in [6.45, 7) is 3.90. The van der Waals surface area contributed by atoms with Crippen molar-refractivity contribution < 1.29 is 4.74 Å². The molecule has 17 heavy (non-hydrogen) atoms. The minimum absolute atomic E-state index is 0.0696. The summed E-state index contributed by atoms with van der Waals surface area (Å²) in [6.07, 6.45) is 2.11. The number of hydrogen-bond acceptors (Lipinski definition) is 3. The van der Waals surface area contributed by atoms with Gasteiger partial charge in [0.15, 0.2) is 0 Å². The van der Waals surface area contributed by atoms with Crippen LogP contribution in [-0.4, -0.2) is 24.6 Å². The topological polar surface area (TPSA) is 36.3 Å². The van der Waals surface area contributed by atoms with Gasteiger partial charge in [0.25, 0.3) is 0 Å². The second-order valence-electron chi connectivity index (χ2n) is 4.57. The SMILES string of the molecule is COc1ccc(C)cc1CN1CCCC1C#N. The Morgan fingerprint density at radius 3 is 3.06 bits per heavy atom. The van der Waals surface area contributed by atoms with Crippen molar-refractivity contribution in [2.45, 2.75) is 32.4 Å². The van der Waals surface area contributed by atoms with Crippen LogP contribution in [0.15, 0.2) is 18.2 Å². The van der Waals surface area contributed by atoms with E-state index in [9.17, 15) is 0 Å². The number of hydrogen-bond donors (Lipinski definition) is 0. The molecule has 1 atom stereocenters. The van der Waals surface area contributed by atoms with Crippen LogP contribution in [0.5, 0.6) is 5.75 Å². The van der Waals surface area contributed by atoms with Crippen LogP contribution < -0.4 is 4.74 Å². The predicted octanol–water partition coefficient (Wildman–Crippen LogP) is 2.49. The standard InChI is InChI=1S/C14H18N2O/c1-11-5-6-14(17-2)12(8-11)10-16-7-3-4-13(16)9-15/h5-6,8,13H,3-4,7,10H2,1-2H3. The number of benzene rings is 1. The van der Waals surface area contributed by atoms with Gasteiger partial charge in [0, 0.05) is 12.1 Å². The molecule has 3 nitrogen and oxygen atoms in total. The Kier molecular flexibility index (Phi) is 3.65. The van der Waals surface area contributed by atoms with Gasteiger partial charge in [0.05, 0.1) is 19.2 Å². The molecule has 1 aliphatic heterocycles. The lowest BCUT2D eigenvalue weighted by Crippen LogP contribution is -2.27. The normalized spacial score (nSPS) is 20.2. The van der Waals surface area contributed by atoms with E-state index in [4.69, 9.17) is 10.00 Å². The number of aryl methyl sites for hydroxylation is 1. The highest BCUT2D eigenvalue weighted by Gasteiger charge is 2.24. The van der Waals surface area contributed by atoms with E-state index in [1.807, 2.05) is 12.1 Å². The van der Waals surface area contributed by atoms with Crippen molar-refractivity contribution in [3.8, 4) is 11.8 Å². The molecule has 1 aromatic carbocycles. The van der Waals surface area contributed by atoms with Crippen molar-refractivity contribution in [3.05, 3.63) is 29.3 Å². The third kappa shape index (κ3) is 2.59. The largest absolute Gasteiger partial charge is 0.496 e. The first-order chi connectivity index (χ1) is 8.24. The third-order valence-electron chi connectivity index (χ3n) is 3.32. The molecule has 3 heteroatoms. The highest BCUT2D eigenvalue weighted by molar-refractivity contribution is 5.37. The average Bonchev–Trinajstić information content (AvgIpc) is 2.77. The molecule has 1 aliphatic rings. The number of ether oxygens (including phenoxy) is 1. The Hall–Kier alpha value is -1.53. The zero-order valence-corrected chi connectivity index (χ0v) is 10.4. The van der Waals surface area contributed by atoms with E-state index in [0.29, 0.717) is 0 Å². The molecular weight excluding hydrogens is 212 g/mol. The maximum Gasteiger partial charge on any atom is 0.123 e. The number of likely N-dealkylation sites (tertiary alicyclic amines) is 1. The van der Waals surface area contributed by atoms with Crippen molar-refractivity contribution in [2.75, 3.05) is 13.7 Å². The fraction of sp³-hybridized carbons (Fsp3) is 0.500. The summed E-state index contributed by atoms with van der Waals surface area (Å²) in [4.78, 5) is 2.23. The second-order valence-corrected chi connectivity index (χ2v) is 4.57. The highest BCUT2D eigenvalue weighted by Crippen LogP contribution is 2.25. The van der Waals surface area contributed by atoms with Crippen LogP contribution in [0.2, 0.25) is 0 Å². The van der Waals surface area contributed by atoms with Crippen molar-refractivity contribution in [3.63, 3.8) is 0 Å². The predicted molar refractivity (Wildman–Crippen MR) is 66.8 cm³/mol. The van der Waals surface area contributed by atoms with Crippen LogP contribution in [-0.2, 0) is 6.54 Å². The van der Waals surface area contributed by atoms with Gasteiger partial charge in [-0.15, -0.1) is 0 Å². The summed E-state index contributed by atoms with van der Waals surface area (Å²) in [5.74, 6) is 0.916. The van der Waals surface area contributed by atoms with E-state index < -0.39 is 0 Å². The number of nitrogens with zero attached hydrogens (tertiary/aromatic N) is 2. The summed E-state index contributed by atoms with van der Waals surface area (Å²) < 4.78 is 5.37. The maximum absolute atomic E-state index is 9.07. The van der Waals surface area contributed by atoms with Crippen molar-refractivity contribution in [1.82, 2.24) is 4.90 Å². The molecule has 0 spiro atoms. The van der Waals surface area contributed by atoms with E-state index in [1.165, 1.54) is 11.1 Å². The molecule has 90 valence electrons. The van der Waals surface area contributed by atoms with Crippen molar-refractivity contribution in [1.29, 1.82) is 5.26 Å². The molecule has 1 fully saturated rings. The molecule has 0 aromatic heterocycles. The zero-order valence-electron chi connectivity index (χ0n) is 10.4. The van der Waals surface area contributed by atoms with E-state index in [1.54, 1.807) is 7.11 Å². The first-order valence-electron chi connectivity index (χ1n) is 6.02. The fourth-order valence-corrected chi connectivity index (χ4v) is 2.41. The molecule has 0 amide bonds. The van der Waals surface area contributed by atoms with Gasteiger partial charge in [-0.2, -0.15) is 5.26 Å². The quantitative estimate of drug-likeness (QED) is 0.800. The Bertz CT molecular complexity index is 436. The fourth-order valence-electron chi connectivity index (χ4n) is 2.41. The molecule has 1 unspecified atom stereocenters. The first-order valence-corrected chi connectivity index (χ1v) is 6.02. The van der Waals surface area contributed by atoms with Crippen molar-refractivity contribution >= 4 is 0 Å². The van der Waals surface area contributed by atoms with E-state index >= 15 is 0 Å². The third-order valence-corrected chi connectivity index (χ3v) is 3.32. The lowest BCUT2D eigenvalue weighted by molar-refractivity contribution is 0.280. The number of rotatable bonds is 3. The summed E-state index contributed by atoms with van der Waals surface area (Å²) >= 11 is 0. The van der Waals surface area contributed by atoms with Gasteiger partial charge in [-0.1, -0.05) is 17.7 Å². The zero-order chi connectivity index (χ0) is 12.3. The van der Waals surface area contributed by atoms with Gasteiger partial charge in [-0.3, -0.25) is 4.90 Å². The van der Waals surface area contributed by atoms with Crippen LogP contribution in [0.1, 0.15) is 24.0 Å². The van der Waals surface area contributed by atoms with Crippen LogP contribution >= 0.6 is 0 Å². The Balaban J connectivity index is 2.18. The molecule has 1 saturated heterocycles. The van der Waals surface area contributed by atoms with Crippen LogP contribution in [0.25, 0.3) is 0 Å². The van der Waals surface area contributed by atoms with Gasteiger partial charge in [0.2, 0.25) is 0 Å². The molecule has 0 N–H and O–H groups in total. The summed E-state index contributed by atoms with van der Waals surface area (Å²) in [7, 11) is 1.69. The molecule has 0 bridgehead atoms. The Morgan fingerprint density at radius 2 is 2.35 bits per heavy atom. The lowest BCUT2D eigenvalue weighted by atomic mass is 10.1. The minimum Gasteiger partial charge on any atom is -0.496 e. The van der Waals surface area contributed by atoms with E-state index in [0.717, 1.165) is 31.7 Å². The molecule has 0 aliphatic carbocycles. The second kappa shape index (κ2) is 5.20. The van der Waals surface area contributed by atoms with Crippen LogP contribution in [0.3, 0.4) is 0 Å². The van der Waals surface area contributed by atoms with Crippen LogP contribution in [0.4, 0.5) is 0 Å². The molecule has 0 saturated carbocycles. The summed E-state index contributed by atoms with van der Waals surface area (Å²) in [5, 5.41) is 9.07. The van der Waals surface area contributed by atoms with Gasteiger partial charge in [-0.25, -0.2) is 0 Å². The van der Waals surface area contributed by atoms with Gasteiger partial charge in [0.1, 0.15) is 5.75 Å². The molecular formula is C14H18N2O. The van der Waals surface area contributed by atoms with E-state index in [-0.39, 0.29) is 6.04 Å². The molecule has 0 radical (unpaired) electrons. The maximum atomic E-state index is 9.07. The summed E-state index contributed by atoms with van der Waals surface area (Å²) in [6, 6.07) is 8.64. The van der Waals surface area contributed by atoms with Crippen LogP contribution in [0, 0.1) is 18.3 Å². The first kappa shape index (κ1) is 11.9. The molecule has 1 aromatic rings. The minimum atomic E-state index is 0.0696. The Labute approximate surface area is 103 Å². The molecule has 1 heterocycles. The van der Waals surface area contributed by atoms with Gasteiger partial charge >= 0.3 is 0 Å². The number of methoxy groups -OCH3 is 1. The van der Waals surface area contributed by atoms with Crippen molar-refractivity contribution in [2.24, 2.45) is 0 Å². The van der Waals surface area contributed by atoms with Gasteiger partial charge in [-0.05, 0) is 32.4 Å². The monoisotopic (exact) mass is 230 g/mol. The highest BCUT2D eigenvalue weighted by atomic mass is 16.5. The average molecular weight is 230 g/mol. The Morgan fingerprint density at radius 1 is 1.53 bits per heavy atom. The smallest absolute Gasteiger partial charge is 0.123 e. The summed E-state index contributed by atoms with van der Waals surface area (Å²) in [5.41, 5.74) is 2.41. The molecule has 2 rings (SSSR count). The lowest BCUT2D eigenvalue weighted by Gasteiger charge is -2.20.